The molecule has 0 aromatic heterocycles. The Hall–Kier alpha value is -1.39. The number of amides is 1. The lowest BCUT2D eigenvalue weighted by Crippen LogP contribution is -2.44. The number of anilines is 1. The maximum atomic E-state index is 11.0. The van der Waals surface area contributed by atoms with Gasteiger partial charge in [0.1, 0.15) is 0 Å². The number of carbonyl (C=O) groups is 1. The molecule has 1 saturated heterocycles. The van der Waals surface area contributed by atoms with Crippen molar-refractivity contribution in [3.05, 3.63) is 29.8 Å². The smallest absolute Gasteiger partial charge is 0.221 e. The SMILES string of the molecule is CC(=O)Nc1ccc(CN2C[C@H](C)O[C@@H](C)C2)cc1. The fraction of sp³-hybridized carbons (Fsp3) is 0.533. The molecule has 2 atom stereocenters. The summed E-state index contributed by atoms with van der Waals surface area (Å²) >= 11 is 0. The number of morpholine rings is 1. The predicted molar refractivity (Wildman–Crippen MR) is 76.0 cm³/mol. The molecule has 1 aromatic rings. The average molecular weight is 262 g/mol. The van der Waals surface area contributed by atoms with Crippen molar-refractivity contribution in [1.82, 2.24) is 4.90 Å². The van der Waals surface area contributed by atoms with Crippen LogP contribution in [0, 0.1) is 0 Å². The predicted octanol–water partition coefficient (Wildman–Crippen LogP) is 2.25. The van der Waals surface area contributed by atoms with E-state index in [1.54, 1.807) is 0 Å². The second kappa shape index (κ2) is 6.17. The van der Waals surface area contributed by atoms with Gasteiger partial charge in [-0.25, -0.2) is 0 Å². The Labute approximate surface area is 114 Å². The first-order chi connectivity index (χ1) is 9.02. The summed E-state index contributed by atoms with van der Waals surface area (Å²) in [5.41, 5.74) is 2.11. The van der Waals surface area contributed by atoms with Crippen LogP contribution in [0.25, 0.3) is 0 Å². The molecule has 0 aliphatic carbocycles. The van der Waals surface area contributed by atoms with Gasteiger partial charge in [0.2, 0.25) is 5.91 Å². The maximum Gasteiger partial charge on any atom is 0.221 e. The minimum absolute atomic E-state index is 0.0384. The fourth-order valence-electron chi connectivity index (χ4n) is 2.57. The van der Waals surface area contributed by atoms with Gasteiger partial charge in [0.25, 0.3) is 0 Å². The van der Waals surface area contributed by atoms with Gasteiger partial charge in [0, 0.05) is 32.2 Å². The highest BCUT2D eigenvalue weighted by Crippen LogP contribution is 2.16. The molecule has 1 heterocycles. The molecule has 0 bridgehead atoms. The molecule has 19 heavy (non-hydrogen) atoms. The summed E-state index contributed by atoms with van der Waals surface area (Å²) in [5.74, 6) is -0.0384. The van der Waals surface area contributed by atoms with Crippen molar-refractivity contribution < 1.29 is 9.53 Å². The van der Waals surface area contributed by atoms with Crippen LogP contribution in [0.2, 0.25) is 0 Å². The molecule has 4 heteroatoms. The number of ether oxygens (including phenoxy) is 1. The number of hydrogen-bond acceptors (Lipinski definition) is 3. The Kier molecular flexibility index (Phi) is 4.56. The van der Waals surface area contributed by atoms with Crippen LogP contribution in [0.5, 0.6) is 0 Å². The van der Waals surface area contributed by atoms with Gasteiger partial charge in [0.15, 0.2) is 0 Å². The molecule has 1 fully saturated rings. The van der Waals surface area contributed by atoms with E-state index in [0.717, 1.165) is 25.3 Å². The zero-order valence-corrected chi connectivity index (χ0v) is 11.8. The van der Waals surface area contributed by atoms with Crippen LogP contribution in [0.4, 0.5) is 5.69 Å². The van der Waals surface area contributed by atoms with Gasteiger partial charge in [-0.3, -0.25) is 9.69 Å². The van der Waals surface area contributed by atoms with Gasteiger partial charge < -0.3 is 10.1 Å². The van der Waals surface area contributed by atoms with E-state index in [1.807, 2.05) is 12.1 Å². The Morgan fingerprint density at radius 2 is 1.84 bits per heavy atom. The zero-order valence-electron chi connectivity index (χ0n) is 11.8. The third-order valence-corrected chi connectivity index (χ3v) is 3.18. The van der Waals surface area contributed by atoms with Crippen molar-refractivity contribution in [3.8, 4) is 0 Å². The largest absolute Gasteiger partial charge is 0.373 e. The van der Waals surface area contributed by atoms with Crippen LogP contribution in [0.15, 0.2) is 24.3 Å². The summed E-state index contributed by atoms with van der Waals surface area (Å²) in [6.07, 6.45) is 0.588. The quantitative estimate of drug-likeness (QED) is 0.908. The highest BCUT2D eigenvalue weighted by atomic mass is 16.5. The molecule has 2 rings (SSSR count). The normalized spacial score (nSPS) is 24.2. The Balaban J connectivity index is 1.93. The van der Waals surface area contributed by atoms with Crippen LogP contribution >= 0.6 is 0 Å². The van der Waals surface area contributed by atoms with Crippen molar-refractivity contribution in [2.24, 2.45) is 0 Å². The molecule has 1 N–H and O–H groups in total. The summed E-state index contributed by atoms with van der Waals surface area (Å²) in [4.78, 5) is 13.4. The monoisotopic (exact) mass is 262 g/mol. The first-order valence-corrected chi connectivity index (χ1v) is 6.77. The number of rotatable bonds is 3. The lowest BCUT2D eigenvalue weighted by atomic mass is 10.1. The molecule has 4 nitrogen and oxygen atoms in total. The average Bonchev–Trinajstić information content (AvgIpc) is 2.29. The molecule has 1 aromatic carbocycles. The molecule has 1 aliphatic rings. The van der Waals surface area contributed by atoms with E-state index >= 15 is 0 Å². The standard InChI is InChI=1S/C15H22N2O2/c1-11-8-17(9-12(2)19-11)10-14-4-6-15(7-5-14)16-13(3)18/h4-7,11-12H,8-10H2,1-3H3,(H,16,18)/t11-,12-/m0/s1. The van der Waals surface area contributed by atoms with Crippen molar-refractivity contribution in [1.29, 1.82) is 0 Å². The summed E-state index contributed by atoms with van der Waals surface area (Å²) in [7, 11) is 0. The number of carbonyl (C=O) groups excluding carboxylic acids is 1. The van der Waals surface area contributed by atoms with Gasteiger partial charge in [0.05, 0.1) is 12.2 Å². The number of hydrogen-bond donors (Lipinski definition) is 1. The Bertz CT molecular complexity index is 420. The number of nitrogens with one attached hydrogen (secondary N) is 1. The van der Waals surface area contributed by atoms with E-state index < -0.39 is 0 Å². The van der Waals surface area contributed by atoms with Gasteiger partial charge in [-0.1, -0.05) is 12.1 Å². The van der Waals surface area contributed by atoms with E-state index in [2.05, 4.69) is 36.2 Å². The molecule has 0 saturated carbocycles. The summed E-state index contributed by atoms with van der Waals surface area (Å²) in [6, 6.07) is 8.03. The fourth-order valence-corrected chi connectivity index (χ4v) is 2.57. The highest BCUT2D eigenvalue weighted by molar-refractivity contribution is 5.88. The van der Waals surface area contributed by atoms with Crippen LogP contribution in [-0.4, -0.2) is 36.1 Å². The summed E-state index contributed by atoms with van der Waals surface area (Å²) in [6.45, 7) is 8.61. The second-order valence-electron chi connectivity index (χ2n) is 5.33. The minimum atomic E-state index is -0.0384. The molecule has 1 aliphatic heterocycles. The Morgan fingerprint density at radius 1 is 1.26 bits per heavy atom. The zero-order chi connectivity index (χ0) is 13.8. The van der Waals surface area contributed by atoms with Crippen molar-refractivity contribution in [2.75, 3.05) is 18.4 Å². The van der Waals surface area contributed by atoms with E-state index in [0.29, 0.717) is 12.2 Å². The molecule has 1 amide bonds. The third kappa shape index (κ3) is 4.33. The van der Waals surface area contributed by atoms with Crippen molar-refractivity contribution in [2.45, 2.75) is 39.5 Å². The van der Waals surface area contributed by atoms with Crippen molar-refractivity contribution in [3.63, 3.8) is 0 Å². The molecular weight excluding hydrogens is 240 g/mol. The van der Waals surface area contributed by atoms with Gasteiger partial charge in [-0.2, -0.15) is 0 Å². The molecule has 0 radical (unpaired) electrons. The third-order valence-electron chi connectivity index (χ3n) is 3.18. The number of nitrogens with zero attached hydrogens (tertiary/aromatic N) is 1. The number of benzene rings is 1. The molecule has 104 valence electrons. The van der Waals surface area contributed by atoms with Crippen LogP contribution in [0.3, 0.4) is 0 Å². The Morgan fingerprint density at radius 3 is 2.37 bits per heavy atom. The second-order valence-corrected chi connectivity index (χ2v) is 5.33. The molecule has 0 unspecified atom stereocenters. The van der Waals surface area contributed by atoms with E-state index in [9.17, 15) is 4.79 Å². The van der Waals surface area contributed by atoms with Crippen LogP contribution < -0.4 is 5.32 Å². The first kappa shape index (κ1) is 14.0. The van der Waals surface area contributed by atoms with Crippen LogP contribution in [0.1, 0.15) is 26.3 Å². The first-order valence-electron chi connectivity index (χ1n) is 6.77. The maximum absolute atomic E-state index is 11.0. The van der Waals surface area contributed by atoms with Gasteiger partial charge >= 0.3 is 0 Å². The van der Waals surface area contributed by atoms with E-state index in [4.69, 9.17) is 4.74 Å². The van der Waals surface area contributed by atoms with Gasteiger partial charge in [-0.05, 0) is 31.5 Å². The summed E-state index contributed by atoms with van der Waals surface area (Å²) < 4.78 is 5.73. The lowest BCUT2D eigenvalue weighted by Gasteiger charge is -2.35. The van der Waals surface area contributed by atoms with Gasteiger partial charge in [-0.15, -0.1) is 0 Å². The molecular formula is C15H22N2O2. The lowest BCUT2D eigenvalue weighted by molar-refractivity contribution is -0.114. The summed E-state index contributed by atoms with van der Waals surface area (Å²) in [5, 5.41) is 2.78. The highest BCUT2D eigenvalue weighted by Gasteiger charge is 2.21. The van der Waals surface area contributed by atoms with E-state index in [-0.39, 0.29) is 5.91 Å². The van der Waals surface area contributed by atoms with Crippen LogP contribution in [-0.2, 0) is 16.1 Å². The minimum Gasteiger partial charge on any atom is -0.373 e. The molecule has 0 spiro atoms. The topological polar surface area (TPSA) is 41.6 Å². The van der Waals surface area contributed by atoms with E-state index in [1.165, 1.54) is 12.5 Å². The van der Waals surface area contributed by atoms with Crippen molar-refractivity contribution >= 4 is 11.6 Å².